The van der Waals surface area contributed by atoms with Crippen molar-refractivity contribution in [3.63, 3.8) is 0 Å². The van der Waals surface area contributed by atoms with Gasteiger partial charge in [0.25, 0.3) is 0 Å². The van der Waals surface area contributed by atoms with E-state index in [4.69, 9.17) is 0 Å². The Hall–Kier alpha value is -2.55. The molecule has 0 bridgehead atoms. The second kappa shape index (κ2) is 5.27. The van der Waals surface area contributed by atoms with E-state index >= 15 is 0 Å². The lowest BCUT2D eigenvalue weighted by atomic mass is 9.97. The normalized spacial score (nSPS) is 18.1. The van der Waals surface area contributed by atoms with E-state index in [1.165, 1.54) is 22.1 Å². The number of hydrogen-bond acceptors (Lipinski definition) is 1. The number of carbonyl (C=O) groups excluding carboxylic acids is 1. The van der Waals surface area contributed by atoms with Gasteiger partial charge in [-0.1, -0.05) is 48.0 Å². The second-order valence-corrected chi connectivity index (χ2v) is 6.38. The Kier molecular flexibility index (Phi) is 3.22. The molecule has 4 rings (SSSR count). The van der Waals surface area contributed by atoms with Gasteiger partial charge >= 0.3 is 0 Å². The van der Waals surface area contributed by atoms with Crippen molar-refractivity contribution in [1.82, 2.24) is 9.88 Å². The molecule has 1 aromatic heterocycles. The molecule has 0 unspecified atom stereocenters. The minimum atomic E-state index is 0.148. The summed E-state index contributed by atoms with van der Waals surface area (Å²) >= 11 is 0. The lowest BCUT2D eigenvalue weighted by Crippen LogP contribution is -2.22. The van der Waals surface area contributed by atoms with Crippen molar-refractivity contribution in [2.45, 2.75) is 25.8 Å². The van der Waals surface area contributed by atoms with Crippen LogP contribution in [0.4, 0.5) is 0 Å². The summed E-state index contributed by atoms with van der Waals surface area (Å²) in [5.74, 6) is 0.232. The van der Waals surface area contributed by atoms with Crippen molar-refractivity contribution in [3.8, 4) is 11.3 Å². The van der Waals surface area contributed by atoms with E-state index in [9.17, 15) is 4.79 Å². The van der Waals surface area contributed by atoms with Crippen LogP contribution in [0, 0.1) is 6.92 Å². The molecule has 1 aliphatic rings. The van der Waals surface area contributed by atoms with Gasteiger partial charge in [0.15, 0.2) is 0 Å². The van der Waals surface area contributed by atoms with Gasteiger partial charge in [0.1, 0.15) is 0 Å². The highest BCUT2D eigenvalue weighted by molar-refractivity contribution is 5.92. The summed E-state index contributed by atoms with van der Waals surface area (Å²) in [7, 11) is 1.92. The molecule has 3 aromatic rings. The predicted octanol–water partition coefficient (Wildman–Crippen LogP) is 4.44. The highest BCUT2D eigenvalue weighted by Gasteiger charge is 2.32. The highest BCUT2D eigenvalue weighted by Crippen LogP contribution is 2.41. The number of nitrogens with one attached hydrogen (secondary N) is 1. The Morgan fingerprint density at radius 2 is 1.83 bits per heavy atom. The van der Waals surface area contributed by atoms with Gasteiger partial charge in [0.05, 0.1) is 11.7 Å². The third kappa shape index (κ3) is 2.24. The van der Waals surface area contributed by atoms with Crippen molar-refractivity contribution < 1.29 is 4.79 Å². The summed E-state index contributed by atoms with van der Waals surface area (Å²) in [6.07, 6.45) is 1.52. The van der Waals surface area contributed by atoms with Gasteiger partial charge < -0.3 is 9.88 Å². The van der Waals surface area contributed by atoms with Crippen molar-refractivity contribution in [2.75, 3.05) is 7.05 Å². The molecule has 2 aromatic carbocycles. The van der Waals surface area contributed by atoms with E-state index in [0.29, 0.717) is 6.42 Å². The fourth-order valence-corrected chi connectivity index (χ4v) is 3.60. The van der Waals surface area contributed by atoms with Crippen LogP contribution in [0.15, 0.2) is 48.5 Å². The van der Waals surface area contributed by atoms with Crippen LogP contribution in [0.1, 0.15) is 30.0 Å². The zero-order valence-corrected chi connectivity index (χ0v) is 13.5. The number of aryl methyl sites for hydroxylation is 1. The molecule has 2 heterocycles. The van der Waals surface area contributed by atoms with Crippen molar-refractivity contribution >= 4 is 16.8 Å². The van der Waals surface area contributed by atoms with Gasteiger partial charge in [-0.3, -0.25) is 4.79 Å². The molecule has 1 amide bonds. The number of hydrogen-bond donors (Lipinski definition) is 1. The van der Waals surface area contributed by atoms with Crippen molar-refractivity contribution in [1.29, 1.82) is 0 Å². The maximum absolute atomic E-state index is 12.0. The molecule has 1 saturated heterocycles. The minimum absolute atomic E-state index is 0.148. The first-order valence-corrected chi connectivity index (χ1v) is 8.08. The van der Waals surface area contributed by atoms with Gasteiger partial charge in [-0.05, 0) is 25.0 Å². The van der Waals surface area contributed by atoms with E-state index in [2.05, 4.69) is 54.4 Å². The summed E-state index contributed by atoms with van der Waals surface area (Å²) in [4.78, 5) is 17.5. The van der Waals surface area contributed by atoms with E-state index in [0.717, 1.165) is 17.6 Å². The predicted molar refractivity (Wildman–Crippen MR) is 93.2 cm³/mol. The zero-order valence-electron chi connectivity index (χ0n) is 13.5. The Balaban J connectivity index is 1.95. The van der Waals surface area contributed by atoms with E-state index in [1.807, 2.05) is 18.0 Å². The fourth-order valence-electron chi connectivity index (χ4n) is 3.60. The molecule has 0 radical (unpaired) electrons. The third-order valence-corrected chi connectivity index (χ3v) is 4.91. The molecule has 1 aliphatic heterocycles. The molecule has 0 spiro atoms. The summed E-state index contributed by atoms with van der Waals surface area (Å²) < 4.78 is 0. The average Bonchev–Trinajstić information content (AvgIpc) is 3.09. The van der Waals surface area contributed by atoms with Crippen molar-refractivity contribution in [3.05, 3.63) is 59.7 Å². The van der Waals surface area contributed by atoms with Crippen LogP contribution in [-0.4, -0.2) is 22.8 Å². The molecule has 0 saturated carbocycles. The standard InChI is InChI=1S/C20H20N2O/c1-13-7-9-14(10-8-13)20-19(17-11-12-18(23)22(17)2)15-5-3-4-6-16(15)21-20/h3-10,17,21H,11-12H2,1-2H3/t17-/m0/s1. The van der Waals surface area contributed by atoms with Gasteiger partial charge in [0.2, 0.25) is 5.91 Å². The SMILES string of the molecule is Cc1ccc(-c2[nH]c3ccccc3c2[C@@H]2CCC(=O)N2C)cc1. The number of aromatic nitrogens is 1. The summed E-state index contributed by atoms with van der Waals surface area (Å²) in [5.41, 5.74) is 5.94. The molecule has 0 aliphatic carbocycles. The third-order valence-electron chi connectivity index (χ3n) is 4.91. The lowest BCUT2D eigenvalue weighted by Gasteiger charge is -2.21. The Labute approximate surface area is 135 Å². The molecular weight excluding hydrogens is 284 g/mol. The maximum atomic E-state index is 12.0. The lowest BCUT2D eigenvalue weighted by molar-refractivity contribution is -0.127. The monoisotopic (exact) mass is 304 g/mol. The number of nitrogens with zero attached hydrogens (tertiary/aromatic N) is 1. The Bertz CT molecular complexity index is 876. The van der Waals surface area contributed by atoms with Crippen molar-refractivity contribution in [2.24, 2.45) is 0 Å². The zero-order chi connectivity index (χ0) is 16.0. The van der Waals surface area contributed by atoms with Gasteiger partial charge in [-0.15, -0.1) is 0 Å². The van der Waals surface area contributed by atoms with Gasteiger partial charge in [0, 0.05) is 29.9 Å². The summed E-state index contributed by atoms with van der Waals surface area (Å²) in [6.45, 7) is 2.10. The number of aromatic amines is 1. The molecule has 1 atom stereocenters. The quantitative estimate of drug-likeness (QED) is 0.746. The number of amides is 1. The first-order chi connectivity index (χ1) is 11.1. The number of fused-ring (bicyclic) bond motifs is 1. The first kappa shape index (κ1) is 14.1. The number of para-hydroxylation sites is 1. The molecule has 3 nitrogen and oxygen atoms in total. The largest absolute Gasteiger partial charge is 0.354 e. The smallest absolute Gasteiger partial charge is 0.222 e. The number of carbonyl (C=O) groups is 1. The van der Waals surface area contributed by atoms with E-state index in [1.54, 1.807) is 0 Å². The fraction of sp³-hybridized carbons (Fsp3) is 0.250. The minimum Gasteiger partial charge on any atom is -0.354 e. The second-order valence-electron chi connectivity index (χ2n) is 6.38. The number of benzene rings is 2. The molecular formula is C20H20N2O. The van der Waals surface area contributed by atoms with Crippen LogP contribution in [0.5, 0.6) is 0 Å². The molecule has 1 N–H and O–H groups in total. The molecule has 1 fully saturated rings. The molecule has 3 heteroatoms. The van der Waals surface area contributed by atoms with Crippen LogP contribution >= 0.6 is 0 Å². The van der Waals surface area contributed by atoms with Gasteiger partial charge in [-0.2, -0.15) is 0 Å². The average molecular weight is 304 g/mol. The topological polar surface area (TPSA) is 36.1 Å². The number of H-pyrrole nitrogens is 1. The maximum Gasteiger partial charge on any atom is 0.222 e. The van der Waals surface area contributed by atoms with Crippen LogP contribution < -0.4 is 0 Å². The van der Waals surface area contributed by atoms with E-state index in [-0.39, 0.29) is 11.9 Å². The molecule has 23 heavy (non-hydrogen) atoms. The van der Waals surface area contributed by atoms with Crippen LogP contribution in [0.2, 0.25) is 0 Å². The van der Waals surface area contributed by atoms with Gasteiger partial charge in [-0.25, -0.2) is 0 Å². The number of rotatable bonds is 2. The summed E-state index contributed by atoms with van der Waals surface area (Å²) in [6, 6.07) is 17.1. The van der Waals surface area contributed by atoms with Crippen LogP contribution in [0.3, 0.4) is 0 Å². The Morgan fingerprint density at radius 1 is 1.09 bits per heavy atom. The highest BCUT2D eigenvalue weighted by atomic mass is 16.2. The molecule has 116 valence electrons. The first-order valence-electron chi connectivity index (χ1n) is 8.08. The number of likely N-dealkylation sites (tertiary alicyclic amines) is 1. The van der Waals surface area contributed by atoms with Crippen LogP contribution in [0.25, 0.3) is 22.2 Å². The van der Waals surface area contributed by atoms with Crippen LogP contribution in [-0.2, 0) is 4.79 Å². The summed E-state index contributed by atoms with van der Waals surface area (Å²) in [5, 5.41) is 1.22. The van der Waals surface area contributed by atoms with E-state index < -0.39 is 0 Å². The Morgan fingerprint density at radius 3 is 2.52 bits per heavy atom.